The molecule has 0 radical (unpaired) electrons. The van der Waals surface area contributed by atoms with E-state index in [-0.39, 0.29) is 5.91 Å². The lowest BCUT2D eigenvalue weighted by atomic mass is 10.1. The third kappa shape index (κ3) is 3.30. The molecule has 1 N–H and O–H groups in total. The van der Waals surface area contributed by atoms with Crippen LogP contribution in [0.1, 0.15) is 15.9 Å². The third-order valence-electron chi connectivity index (χ3n) is 3.99. The van der Waals surface area contributed by atoms with Gasteiger partial charge in [0.1, 0.15) is 11.0 Å². The van der Waals surface area contributed by atoms with Crippen LogP contribution in [0.4, 0.5) is 5.69 Å². The van der Waals surface area contributed by atoms with Gasteiger partial charge in [-0.25, -0.2) is 0 Å². The number of amides is 1. The van der Waals surface area contributed by atoms with Gasteiger partial charge in [0.05, 0.1) is 5.69 Å². The summed E-state index contributed by atoms with van der Waals surface area (Å²) in [7, 11) is 0. The molecule has 6 heteroatoms. The molecule has 0 aliphatic heterocycles. The molecule has 128 valence electrons. The van der Waals surface area contributed by atoms with E-state index in [1.165, 1.54) is 4.80 Å². The minimum atomic E-state index is -0.161. The molecule has 5 nitrogen and oxygen atoms in total. The lowest BCUT2D eigenvalue weighted by molar-refractivity contribution is 0.102. The predicted molar refractivity (Wildman–Crippen MR) is 103 cm³/mol. The van der Waals surface area contributed by atoms with Crippen molar-refractivity contribution < 1.29 is 4.79 Å². The number of nitrogens with one attached hydrogen (secondary N) is 1. The van der Waals surface area contributed by atoms with Crippen LogP contribution in [-0.4, -0.2) is 20.9 Å². The molecule has 4 rings (SSSR count). The summed E-state index contributed by atoms with van der Waals surface area (Å²) in [5.74, 6) is -0.161. The number of anilines is 1. The van der Waals surface area contributed by atoms with Gasteiger partial charge in [-0.05, 0) is 55.5 Å². The van der Waals surface area contributed by atoms with Gasteiger partial charge in [0.15, 0.2) is 0 Å². The van der Waals surface area contributed by atoms with Gasteiger partial charge in [0, 0.05) is 16.3 Å². The van der Waals surface area contributed by atoms with Gasteiger partial charge in [0.2, 0.25) is 0 Å². The van der Waals surface area contributed by atoms with Gasteiger partial charge in [0.25, 0.3) is 5.91 Å². The number of halogens is 1. The highest BCUT2D eigenvalue weighted by Crippen LogP contribution is 2.19. The topological polar surface area (TPSA) is 59.8 Å². The van der Waals surface area contributed by atoms with Crippen LogP contribution in [0.2, 0.25) is 5.02 Å². The van der Waals surface area contributed by atoms with Gasteiger partial charge in [-0.15, -0.1) is 10.2 Å². The van der Waals surface area contributed by atoms with Crippen LogP contribution in [0.15, 0.2) is 66.7 Å². The number of benzene rings is 3. The normalized spacial score (nSPS) is 10.8. The number of carbonyl (C=O) groups is 1. The molecule has 0 atom stereocenters. The molecule has 0 bridgehead atoms. The number of rotatable bonds is 3. The zero-order valence-corrected chi connectivity index (χ0v) is 14.7. The maximum atomic E-state index is 12.4. The number of fused-ring (bicyclic) bond motifs is 1. The highest BCUT2D eigenvalue weighted by molar-refractivity contribution is 6.30. The van der Waals surface area contributed by atoms with Crippen molar-refractivity contribution in [2.45, 2.75) is 6.92 Å². The largest absolute Gasteiger partial charge is 0.322 e. The molecule has 1 heterocycles. The molecule has 0 saturated heterocycles. The molecular weight excluding hydrogens is 348 g/mol. The summed E-state index contributed by atoms with van der Waals surface area (Å²) in [4.78, 5) is 13.9. The molecule has 0 aliphatic rings. The summed E-state index contributed by atoms with van der Waals surface area (Å²) in [6.45, 7) is 1.98. The maximum absolute atomic E-state index is 12.4. The van der Waals surface area contributed by atoms with Crippen molar-refractivity contribution in [2.24, 2.45) is 0 Å². The van der Waals surface area contributed by atoms with E-state index >= 15 is 0 Å². The first-order valence-electron chi connectivity index (χ1n) is 8.09. The van der Waals surface area contributed by atoms with Crippen molar-refractivity contribution >= 4 is 34.2 Å². The molecule has 0 spiro atoms. The van der Waals surface area contributed by atoms with E-state index in [1.54, 1.807) is 30.3 Å². The minimum absolute atomic E-state index is 0.161. The monoisotopic (exact) mass is 362 g/mol. The SMILES string of the molecule is Cc1ccc(C(=O)Nc2ccc3nn(-c4cccc(Cl)c4)nc3c2)cc1. The highest BCUT2D eigenvalue weighted by atomic mass is 35.5. The molecule has 1 aromatic heterocycles. The molecule has 0 saturated carbocycles. The van der Waals surface area contributed by atoms with Gasteiger partial charge in [-0.2, -0.15) is 4.80 Å². The molecule has 3 aromatic carbocycles. The van der Waals surface area contributed by atoms with Crippen LogP contribution >= 0.6 is 11.6 Å². The van der Waals surface area contributed by atoms with Crippen LogP contribution in [0.25, 0.3) is 16.7 Å². The molecule has 0 fully saturated rings. The van der Waals surface area contributed by atoms with E-state index in [0.29, 0.717) is 21.8 Å². The van der Waals surface area contributed by atoms with E-state index in [4.69, 9.17) is 11.6 Å². The number of aryl methyl sites for hydroxylation is 1. The van der Waals surface area contributed by atoms with Gasteiger partial charge in [-0.1, -0.05) is 35.4 Å². The van der Waals surface area contributed by atoms with Crippen LogP contribution < -0.4 is 5.32 Å². The van der Waals surface area contributed by atoms with Gasteiger partial charge < -0.3 is 5.32 Å². The first-order chi connectivity index (χ1) is 12.6. The van der Waals surface area contributed by atoms with E-state index in [2.05, 4.69) is 15.5 Å². The fraction of sp³-hybridized carbons (Fsp3) is 0.0500. The second kappa shape index (κ2) is 6.61. The lowest BCUT2D eigenvalue weighted by Gasteiger charge is -2.05. The fourth-order valence-corrected chi connectivity index (χ4v) is 2.80. The smallest absolute Gasteiger partial charge is 0.255 e. The van der Waals surface area contributed by atoms with E-state index in [0.717, 1.165) is 16.8 Å². The molecule has 1 amide bonds. The van der Waals surface area contributed by atoms with Crippen molar-refractivity contribution in [1.29, 1.82) is 0 Å². The van der Waals surface area contributed by atoms with E-state index in [9.17, 15) is 4.79 Å². The number of nitrogens with zero attached hydrogens (tertiary/aromatic N) is 3. The average molecular weight is 363 g/mol. The van der Waals surface area contributed by atoms with Crippen molar-refractivity contribution in [2.75, 3.05) is 5.32 Å². The predicted octanol–water partition coefficient (Wildman–Crippen LogP) is 4.63. The van der Waals surface area contributed by atoms with Crippen LogP contribution in [-0.2, 0) is 0 Å². The maximum Gasteiger partial charge on any atom is 0.255 e. The molecule has 0 unspecified atom stereocenters. The summed E-state index contributed by atoms with van der Waals surface area (Å²) in [6.07, 6.45) is 0. The Morgan fingerprint density at radius 1 is 0.962 bits per heavy atom. The summed E-state index contributed by atoms with van der Waals surface area (Å²) < 4.78 is 0. The number of carbonyl (C=O) groups excluding carboxylic acids is 1. The number of hydrogen-bond acceptors (Lipinski definition) is 3. The van der Waals surface area contributed by atoms with Crippen molar-refractivity contribution in [3.05, 3.63) is 82.9 Å². The second-order valence-corrected chi connectivity index (χ2v) is 6.43. The standard InChI is InChI=1S/C20H15ClN4O/c1-13-5-7-14(8-6-13)20(26)22-16-9-10-18-19(12-16)24-25(23-18)17-4-2-3-15(21)11-17/h2-12H,1H3,(H,22,26). The summed E-state index contributed by atoms with van der Waals surface area (Å²) in [5, 5.41) is 12.4. The summed E-state index contributed by atoms with van der Waals surface area (Å²) >= 11 is 6.03. The quantitative estimate of drug-likeness (QED) is 0.577. The Bertz CT molecular complexity index is 1100. The van der Waals surface area contributed by atoms with Crippen molar-refractivity contribution in [3.8, 4) is 5.69 Å². The Hall–Kier alpha value is -3.18. The van der Waals surface area contributed by atoms with Crippen LogP contribution in [0.3, 0.4) is 0 Å². The lowest BCUT2D eigenvalue weighted by Crippen LogP contribution is -2.11. The summed E-state index contributed by atoms with van der Waals surface area (Å²) in [5.41, 5.74) is 4.59. The second-order valence-electron chi connectivity index (χ2n) is 5.99. The zero-order valence-electron chi connectivity index (χ0n) is 14.0. The highest BCUT2D eigenvalue weighted by Gasteiger charge is 2.09. The summed E-state index contributed by atoms with van der Waals surface area (Å²) in [6, 6.07) is 20.2. The Labute approximate surface area is 155 Å². The molecule has 4 aromatic rings. The van der Waals surface area contributed by atoms with Gasteiger partial charge in [-0.3, -0.25) is 4.79 Å². The Morgan fingerprint density at radius 2 is 1.73 bits per heavy atom. The third-order valence-corrected chi connectivity index (χ3v) is 4.23. The molecular formula is C20H15ClN4O. The van der Waals surface area contributed by atoms with Gasteiger partial charge >= 0.3 is 0 Å². The fourth-order valence-electron chi connectivity index (χ4n) is 2.62. The Kier molecular flexibility index (Phi) is 4.14. The molecule has 0 aliphatic carbocycles. The first-order valence-corrected chi connectivity index (χ1v) is 8.47. The minimum Gasteiger partial charge on any atom is -0.322 e. The van der Waals surface area contributed by atoms with Crippen LogP contribution in [0, 0.1) is 6.92 Å². The number of hydrogen-bond donors (Lipinski definition) is 1. The van der Waals surface area contributed by atoms with E-state index < -0.39 is 0 Å². The number of aromatic nitrogens is 3. The zero-order chi connectivity index (χ0) is 18.1. The molecule has 26 heavy (non-hydrogen) atoms. The first kappa shape index (κ1) is 16.3. The Balaban J connectivity index is 1.61. The van der Waals surface area contributed by atoms with Crippen molar-refractivity contribution in [3.63, 3.8) is 0 Å². The van der Waals surface area contributed by atoms with Crippen LogP contribution in [0.5, 0.6) is 0 Å². The van der Waals surface area contributed by atoms with Crippen molar-refractivity contribution in [1.82, 2.24) is 15.0 Å². The average Bonchev–Trinajstić information content (AvgIpc) is 3.05. The Morgan fingerprint density at radius 3 is 2.50 bits per heavy atom. The van der Waals surface area contributed by atoms with E-state index in [1.807, 2.05) is 43.3 Å².